The van der Waals surface area contributed by atoms with E-state index in [0.717, 1.165) is 24.2 Å². The molecule has 1 aliphatic heterocycles. The molecule has 2 aromatic carbocycles. The van der Waals surface area contributed by atoms with Crippen LogP contribution in [0.5, 0.6) is 11.5 Å². The van der Waals surface area contributed by atoms with E-state index in [1.165, 1.54) is 0 Å². The van der Waals surface area contributed by atoms with Gasteiger partial charge in [-0.15, -0.1) is 0 Å². The number of amides is 3. The zero-order valence-corrected chi connectivity index (χ0v) is 17.9. The molecule has 33 heavy (non-hydrogen) atoms. The van der Waals surface area contributed by atoms with Crippen molar-refractivity contribution in [2.45, 2.75) is 19.3 Å². The fourth-order valence-corrected chi connectivity index (χ4v) is 5.38. The first kappa shape index (κ1) is 21.2. The van der Waals surface area contributed by atoms with Gasteiger partial charge in [0.15, 0.2) is 6.61 Å². The molecule has 0 spiro atoms. The average Bonchev–Trinajstić information content (AvgIpc) is 3.50. The first-order chi connectivity index (χ1) is 16.0. The van der Waals surface area contributed by atoms with Gasteiger partial charge in [-0.3, -0.25) is 24.1 Å². The highest BCUT2D eigenvalue weighted by molar-refractivity contribution is 6.08. The molecule has 3 fully saturated rings. The number of likely N-dealkylation sites (tertiary alicyclic amines) is 1. The van der Waals surface area contributed by atoms with Gasteiger partial charge in [0, 0.05) is 5.69 Å². The lowest BCUT2D eigenvalue weighted by Crippen LogP contribution is -2.38. The van der Waals surface area contributed by atoms with Crippen LogP contribution in [0, 0.1) is 23.7 Å². The van der Waals surface area contributed by atoms with Gasteiger partial charge < -0.3 is 14.8 Å². The maximum absolute atomic E-state index is 12.7. The fourth-order valence-electron chi connectivity index (χ4n) is 5.38. The summed E-state index contributed by atoms with van der Waals surface area (Å²) < 4.78 is 10.7. The van der Waals surface area contributed by atoms with Gasteiger partial charge in [0.1, 0.15) is 18.0 Å². The number of anilines is 1. The van der Waals surface area contributed by atoms with E-state index in [9.17, 15) is 19.2 Å². The van der Waals surface area contributed by atoms with E-state index >= 15 is 0 Å². The molecule has 2 aliphatic carbocycles. The summed E-state index contributed by atoms with van der Waals surface area (Å²) in [5.74, 6) is -0.549. The first-order valence-corrected chi connectivity index (χ1v) is 11.1. The molecule has 2 aromatic rings. The minimum Gasteiger partial charge on any atom is -0.457 e. The van der Waals surface area contributed by atoms with E-state index in [1.54, 1.807) is 24.3 Å². The minimum atomic E-state index is -0.772. The van der Waals surface area contributed by atoms with Crippen molar-refractivity contribution in [3.63, 3.8) is 0 Å². The number of para-hydroxylation sites is 1. The Hall–Kier alpha value is -3.68. The molecule has 0 aromatic heterocycles. The Kier molecular flexibility index (Phi) is 5.58. The number of nitrogens with zero attached hydrogens (tertiary/aromatic N) is 1. The highest BCUT2D eigenvalue weighted by Gasteiger charge is 2.61. The zero-order valence-electron chi connectivity index (χ0n) is 17.9. The number of carbonyl (C=O) groups is 4. The zero-order chi connectivity index (χ0) is 22.9. The molecular formula is C25H24N2O6. The Morgan fingerprint density at radius 2 is 1.48 bits per heavy atom. The highest BCUT2D eigenvalue weighted by Crippen LogP contribution is 2.56. The Labute approximate surface area is 190 Å². The third kappa shape index (κ3) is 4.20. The molecule has 2 saturated carbocycles. The van der Waals surface area contributed by atoms with Gasteiger partial charge in [0.2, 0.25) is 11.8 Å². The number of rotatable bonds is 7. The van der Waals surface area contributed by atoms with Crippen LogP contribution in [0.25, 0.3) is 0 Å². The third-order valence-electron chi connectivity index (χ3n) is 6.79. The molecule has 0 radical (unpaired) electrons. The quantitative estimate of drug-likeness (QED) is 0.516. The van der Waals surface area contributed by atoms with Crippen molar-refractivity contribution in [3.8, 4) is 11.5 Å². The van der Waals surface area contributed by atoms with Crippen LogP contribution in [0.4, 0.5) is 5.69 Å². The van der Waals surface area contributed by atoms with Gasteiger partial charge >= 0.3 is 5.97 Å². The molecule has 1 saturated heterocycles. The average molecular weight is 448 g/mol. The summed E-state index contributed by atoms with van der Waals surface area (Å²) in [6.07, 6.45) is 2.88. The van der Waals surface area contributed by atoms with Crippen LogP contribution in [-0.4, -0.2) is 41.7 Å². The second-order valence-corrected chi connectivity index (χ2v) is 8.80. The Morgan fingerprint density at radius 3 is 2.12 bits per heavy atom. The molecule has 5 rings (SSSR count). The first-order valence-electron chi connectivity index (χ1n) is 11.1. The number of ether oxygens (including phenoxy) is 2. The van der Waals surface area contributed by atoms with Crippen LogP contribution >= 0.6 is 0 Å². The van der Waals surface area contributed by atoms with Crippen molar-refractivity contribution in [1.29, 1.82) is 0 Å². The van der Waals surface area contributed by atoms with Crippen molar-refractivity contribution in [1.82, 2.24) is 4.90 Å². The van der Waals surface area contributed by atoms with E-state index in [4.69, 9.17) is 9.47 Å². The maximum Gasteiger partial charge on any atom is 0.326 e. The van der Waals surface area contributed by atoms with Gasteiger partial charge in [0.25, 0.3) is 5.91 Å². The standard InChI is InChI=1S/C25H24N2O6/c28-20(26-17-8-10-19(11-9-17)33-18-4-2-1-3-5-18)14-32-21(29)13-27-24(30)22-15-6-7-16(12-15)23(22)25(27)31/h1-5,8-11,15-16,22-23H,6-7,12-14H2,(H,26,28)/t15-,16-,22-,23+/m0/s1. The van der Waals surface area contributed by atoms with Crippen LogP contribution in [0.3, 0.4) is 0 Å². The topological polar surface area (TPSA) is 102 Å². The van der Waals surface area contributed by atoms with Gasteiger partial charge in [-0.2, -0.15) is 0 Å². The Bertz CT molecular complexity index is 1060. The van der Waals surface area contributed by atoms with E-state index in [-0.39, 0.29) is 35.5 Å². The lowest BCUT2D eigenvalue weighted by Gasteiger charge is -2.19. The number of hydrogen-bond acceptors (Lipinski definition) is 6. The molecule has 1 heterocycles. The van der Waals surface area contributed by atoms with Gasteiger partial charge in [-0.1, -0.05) is 18.2 Å². The molecule has 8 heteroatoms. The Morgan fingerprint density at radius 1 is 0.879 bits per heavy atom. The second kappa shape index (κ2) is 8.69. The van der Waals surface area contributed by atoms with Gasteiger partial charge in [0.05, 0.1) is 11.8 Å². The van der Waals surface area contributed by atoms with E-state index in [1.807, 2.05) is 30.3 Å². The second-order valence-electron chi connectivity index (χ2n) is 8.80. The third-order valence-corrected chi connectivity index (χ3v) is 6.79. The lowest BCUT2D eigenvalue weighted by molar-refractivity contribution is -0.154. The predicted molar refractivity (Wildman–Crippen MR) is 117 cm³/mol. The number of nitrogens with one attached hydrogen (secondary N) is 1. The van der Waals surface area contributed by atoms with Crippen molar-refractivity contribution in [3.05, 3.63) is 54.6 Å². The van der Waals surface area contributed by atoms with E-state index in [2.05, 4.69) is 5.32 Å². The van der Waals surface area contributed by atoms with Crippen molar-refractivity contribution in [2.24, 2.45) is 23.7 Å². The monoisotopic (exact) mass is 448 g/mol. The van der Waals surface area contributed by atoms with Crippen molar-refractivity contribution >= 4 is 29.4 Å². The summed E-state index contributed by atoms with van der Waals surface area (Å²) in [6.45, 7) is -0.946. The molecule has 3 aliphatic rings. The maximum atomic E-state index is 12.7. The molecule has 0 unspecified atom stereocenters. The Balaban J connectivity index is 1.09. The van der Waals surface area contributed by atoms with Gasteiger partial charge in [-0.25, -0.2) is 0 Å². The summed E-state index contributed by atoms with van der Waals surface area (Å²) in [5, 5.41) is 2.63. The SMILES string of the molecule is O=C(COC(=O)CN1C(=O)[C@@H]2[C@H]3CC[C@@H](C3)[C@@H]2C1=O)Nc1ccc(Oc2ccccc2)cc1. The summed E-state index contributed by atoms with van der Waals surface area (Å²) in [5.41, 5.74) is 0.518. The minimum absolute atomic E-state index is 0.257. The molecule has 8 nitrogen and oxygen atoms in total. The number of imide groups is 1. The van der Waals surface area contributed by atoms with Crippen LogP contribution in [0.1, 0.15) is 19.3 Å². The van der Waals surface area contributed by atoms with Crippen LogP contribution in [0.15, 0.2) is 54.6 Å². The summed E-state index contributed by atoms with van der Waals surface area (Å²) in [6, 6.07) is 16.1. The molecule has 4 atom stereocenters. The van der Waals surface area contributed by atoms with Crippen molar-refractivity contribution < 1.29 is 28.7 Å². The van der Waals surface area contributed by atoms with E-state index < -0.39 is 25.0 Å². The molecule has 3 amide bonds. The number of benzene rings is 2. The van der Waals surface area contributed by atoms with E-state index in [0.29, 0.717) is 17.2 Å². The number of hydrogen-bond donors (Lipinski definition) is 1. The molecule has 170 valence electrons. The summed E-state index contributed by atoms with van der Waals surface area (Å²) >= 11 is 0. The molecule has 2 bridgehead atoms. The van der Waals surface area contributed by atoms with Crippen LogP contribution in [0.2, 0.25) is 0 Å². The summed E-state index contributed by atoms with van der Waals surface area (Å²) in [4.78, 5) is 50.7. The number of carbonyl (C=O) groups excluding carboxylic acids is 4. The largest absolute Gasteiger partial charge is 0.457 e. The fraction of sp³-hybridized carbons (Fsp3) is 0.360. The number of fused-ring (bicyclic) bond motifs is 5. The number of esters is 1. The predicted octanol–water partition coefficient (Wildman–Crippen LogP) is 2.99. The van der Waals surface area contributed by atoms with Crippen LogP contribution < -0.4 is 10.1 Å². The lowest BCUT2D eigenvalue weighted by atomic mass is 9.81. The molecule has 1 N–H and O–H groups in total. The van der Waals surface area contributed by atoms with Crippen LogP contribution in [-0.2, 0) is 23.9 Å². The molecular weight excluding hydrogens is 424 g/mol. The highest BCUT2D eigenvalue weighted by atomic mass is 16.5. The van der Waals surface area contributed by atoms with Gasteiger partial charge in [-0.05, 0) is 67.5 Å². The van der Waals surface area contributed by atoms with Crippen molar-refractivity contribution in [2.75, 3.05) is 18.5 Å². The summed E-state index contributed by atoms with van der Waals surface area (Å²) in [7, 11) is 0. The normalized spacial score (nSPS) is 25.2. The smallest absolute Gasteiger partial charge is 0.326 e.